The Balaban J connectivity index is 1.76. The van der Waals surface area contributed by atoms with E-state index in [0.29, 0.717) is 22.1 Å². The molecule has 0 spiro atoms. The highest BCUT2D eigenvalue weighted by Crippen LogP contribution is 2.31. The monoisotopic (exact) mass is 384 g/mol. The summed E-state index contributed by atoms with van der Waals surface area (Å²) in [4.78, 5) is 32.4. The summed E-state index contributed by atoms with van der Waals surface area (Å²) in [5.41, 5.74) is 8.11. The van der Waals surface area contributed by atoms with Crippen LogP contribution in [0.1, 0.15) is 23.3 Å². The maximum Gasteiger partial charge on any atom is 0.270 e. The van der Waals surface area contributed by atoms with Crippen LogP contribution in [0.4, 0.5) is 15.8 Å². The lowest BCUT2D eigenvalue weighted by atomic mass is 9.98. The van der Waals surface area contributed by atoms with Crippen LogP contribution in [0.5, 0.6) is 0 Å². The lowest BCUT2D eigenvalue weighted by Crippen LogP contribution is -2.20. The van der Waals surface area contributed by atoms with Crippen LogP contribution in [-0.2, 0) is 4.79 Å². The Morgan fingerprint density at radius 1 is 1.22 bits per heavy atom. The Hall–Kier alpha value is -3.04. The van der Waals surface area contributed by atoms with Gasteiger partial charge in [-0.3, -0.25) is 14.6 Å². The van der Waals surface area contributed by atoms with Crippen LogP contribution in [0.15, 0.2) is 47.8 Å². The average molecular weight is 384 g/mol. The van der Waals surface area contributed by atoms with Crippen molar-refractivity contribution in [2.75, 3.05) is 24.2 Å². The van der Waals surface area contributed by atoms with Crippen molar-refractivity contribution in [3.8, 4) is 0 Å². The van der Waals surface area contributed by atoms with Crippen LogP contribution < -0.4 is 21.7 Å². The van der Waals surface area contributed by atoms with Crippen LogP contribution in [0.3, 0.4) is 0 Å². The van der Waals surface area contributed by atoms with E-state index in [2.05, 4.69) is 25.9 Å². The number of allylic oxidation sites excluding steroid dienone is 2. The molecule has 2 aromatic heterocycles. The second kappa shape index (κ2) is 8.56. The van der Waals surface area contributed by atoms with Crippen molar-refractivity contribution in [3.05, 3.63) is 53.5 Å². The second-order valence-electron chi connectivity index (χ2n) is 5.92. The van der Waals surface area contributed by atoms with Crippen molar-refractivity contribution in [3.63, 3.8) is 0 Å². The molecule has 0 aliphatic heterocycles. The van der Waals surface area contributed by atoms with Crippen molar-refractivity contribution in [2.45, 2.75) is 12.8 Å². The van der Waals surface area contributed by atoms with Crippen LogP contribution >= 0.6 is 11.3 Å². The summed E-state index contributed by atoms with van der Waals surface area (Å²) >= 11 is 1.16. The number of thiazole rings is 1. The zero-order chi connectivity index (χ0) is 19.2. The molecule has 0 atom stereocenters. The largest absolute Gasteiger partial charge is 0.364 e. The molecular formula is C18H20N6O2S. The number of amides is 2. The Kier molecular flexibility index (Phi) is 5.94. The quantitative estimate of drug-likeness (QED) is 0.580. The molecule has 8 nitrogen and oxygen atoms in total. The zero-order valence-electron chi connectivity index (χ0n) is 14.8. The summed E-state index contributed by atoms with van der Waals surface area (Å²) in [6, 6.07) is 3.54. The van der Waals surface area contributed by atoms with Gasteiger partial charge in [0, 0.05) is 30.2 Å². The average Bonchev–Trinajstić information content (AvgIpc) is 3.06. The van der Waals surface area contributed by atoms with E-state index in [1.165, 1.54) is 5.57 Å². The fourth-order valence-electron chi connectivity index (χ4n) is 2.61. The highest BCUT2D eigenvalue weighted by Gasteiger charge is 2.20. The number of hydrogen-bond acceptors (Lipinski definition) is 7. The first-order valence-electron chi connectivity index (χ1n) is 8.39. The molecular weight excluding hydrogens is 364 g/mol. The van der Waals surface area contributed by atoms with Crippen LogP contribution in [0.2, 0.25) is 0 Å². The fraction of sp³-hybridized carbons (Fsp3) is 0.222. The summed E-state index contributed by atoms with van der Waals surface area (Å²) in [7, 11) is 1.89. The number of carbonyl (C=O) groups excluding carboxylic acids is 2. The summed E-state index contributed by atoms with van der Waals surface area (Å²) in [6.07, 6.45) is 8.50. The highest BCUT2D eigenvalue weighted by molar-refractivity contribution is 7.20. The molecule has 27 heavy (non-hydrogen) atoms. The Morgan fingerprint density at radius 2 is 2.00 bits per heavy atom. The first-order valence-corrected chi connectivity index (χ1v) is 9.20. The SMILES string of the molecule is CNCC1=CC=C(C(=O)Nc2sc(Nc3ccncc3)nc2C(N)=O)CC1. The van der Waals surface area contributed by atoms with Gasteiger partial charge in [0.25, 0.3) is 11.8 Å². The van der Waals surface area contributed by atoms with E-state index in [-0.39, 0.29) is 11.6 Å². The smallest absolute Gasteiger partial charge is 0.270 e. The third kappa shape index (κ3) is 4.78. The number of rotatable bonds is 7. The van der Waals surface area contributed by atoms with Crippen LogP contribution in [0.25, 0.3) is 0 Å². The number of nitrogens with zero attached hydrogens (tertiary/aromatic N) is 2. The van der Waals surface area contributed by atoms with Crippen LogP contribution in [-0.4, -0.2) is 35.4 Å². The molecule has 0 saturated heterocycles. The summed E-state index contributed by atoms with van der Waals surface area (Å²) in [5.74, 6) is -0.950. The van der Waals surface area contributed by atoms with Crippen molar-refractivity contribution < 1.29 is 9.59 Å². The number of nitrogens with two attached hydrogens (primary N) is 1. The number of anilines is 3. The lowest BCUT2D eigenvalue weighted by Gasteiger charge is -2.14. The molecule has 9 heteroatoms. The molecule has 5 N–H and O–H groups in total. The molecule has 1 aliphatic rings. The number of pyridine rings is 1. The van der Waals surface area contributed by atoms with Crippen molar-refractivity contribution in [1.29, 1.82) is 0 Å². The molecule has 0 saturated carbocycles. The van der Waals surface area contributed by atoms with E-state index in [0.717, 1.165) is 30.0 Å². The minimum atomic E-state index is -0.696. The van der Waals surface area contributed by atoms with E-state index < -0.39 is 5.91 Å². The van der Waals surface area contributed by atoms with Crippen molar-refractivity contribution in [2.24, 2.45) is 5.73 Å². The Morgan fingerprint density at radius 3 is 2.63 bits per heavy atom. The molecule has 2 heterocycles. The number of hydrogen-bond donors (Lipinski definition) is 4. The molecule has 0 bridgehead atoms. The van der Waals surface area contributed by atoms with E-state index in [4.69, 9.17) is 5.73 Å². The van der Waals surface area contributed by atoms with Gasteiger partial charge in [0.2, 0.25) is 0 Å². The molecule has 0 unspecified atom stereocenters. The van der Waals surface area contributed by atoms with Gasteiger partial charge in [-0.25, -0.2) is 4.98 Å². The first-order chi connectivity index (χ1) is 13.1. The summed E-state index contributed by atoms with van der Waals surface area (Å²) in [6.45, 7) is 0.802. The second-order valence-corrected chi connectivity index (χ2v) is 6.92. The molecule has 3 rings (SSSR count). The third-order valence-corrected chi connectivity index (χ3v) is 4.84. The van der Waals surface area contributed by atoms with Gasteiger partial charge in [0.1, 0.15) is 5.00 Å². The van der Waals surface area contributed by atoms with E-state index in [1.54, 1.807) is 24.5 Å². The van der Waals surface area contributed by atoms with Gasteiger partial charge in [-0.2, -0.15) is 0 Å². The van der Waals surface area contributed by atoms with Gasteiger partial charge in [-0.05, 0) is 32.0 Å². The molecule has 0 aromatic carbocycles. The van der Waals surface area contributed by atoms with E-state index >= 15 is 0 Å². The third-order valence-electron chi connectivity index (χ3n) is 3.95. The zero-order valence-corrected chi connectivity index (χ0v) is 15.6. The summed E-state index contributed by atoms with van der Waals surface area (Å²) < 4.78 is 0. The molecule has 2 amide bonds. The van der Waals surface area contributed by atoms with Gasteiger partial charge in [-0.1, -0.05) is 29.1 Å². The molecule has 1 aliphatic carbocycles. The van der Waals surface area contributed by atoms with Crippen molar-refractivity contribution in [1.82, 2.24) is 15.3 Å². The maximum atomic E-state index is 12.5. The predicted molar refractivity (Wildman–Crippen MR) is 106 cm³/mol. The standard InChI is InChI=1S/C18H20N6O2S/c1-20-10-11-2-4-12(5-3-11)16(26)24-17-14(15(19)25)23-18(27-17)22-13-6-8-21-9-7-13/h2,4,6-9,20H,3,5,10H2,1H3,(H2,19,25)(H,24,26)(H,21,22,23). The number of likely N-dealkylation sites (N-methyl/N-ethyl adjacent to an activating group) is 1. The normalized spacial score (nSPS) is 13.5. The van der Waals surface area contributed by atoms with Gasteiger partial charge < -0.3 is 21.7 Å². The van der Waals surface area contributed by atoms with Gasteiger partial charge in [0.05, 0.1) is 0 Å². The van der Waals surface area contributed by atoms with Crippen LogP contribution in [0, 0.1) is 0 Å². The molecule has 140 valence electrons. The van der Waals surface area contributed by atoms with Crippen molar-refractivity contribution >= 4 is 39.0 Å². The fourth-order valence-corrected chi connectivity index (χ4v) is 3.50. The van der Waals surface area contributed by atoms with Gasteiger partial charge in [-0.15, -0.1) is 0 Å². The van der Waals surface area contributed by atoms with Gasteiger partial charge in [0.15, 0.2) is 10.8 Å². The minimum absolute atomic E-state index is 0.0349. The molecule has 2 aromatic rings. The Bertz CT molecular complexity index is 904. The topological polar surface area (TPSA) is 122 Å². The number of primary amides is 1. The van der Waals surface area contributed by atoms with E-state index in [1.807, 2.05) is 19.2 Å². The first kappa shape index (κ1) is 18.7. The lowest BCUT2D eigenvalue weighted by molar-refractivity contribution is -0.113. The number of carbonyl (C=O) groups is 2. The highest BCUT2D eigenvalue weighted by atomic mass is 32.1. The minimum Gasteiger partial charge on any atom is -0.364 e. The van der Waals surface area contributed by atoms with Gasteiger partial charge >= 0.3 is 0 Å². The Labute approximate surface area is 160 Å². The predicted octanol–water partition coefficient (Wildman–Crippen LogP) is 2.19. The number of aromatic nitrogens is 2. The molecule has 0 radical (unpaired) electrons. The molecule has 0 fully saturated rings. The van der Waals surface area contributed by atoms with E-state index in [9.17, 15) is 9.59 Å². The number of nitrogens with one attached hydrogen (secondary N) is 3. The maximum absolute atomic E-state index is 12.5. The summed E-state index contributed by atoms with van der Waals surface area (Å²) in [5, 5.41) is 9.72.